The van der Waals surface area contributed by atoms with Crippen LogP contribution in [0.25, 0.3) is 0 Å². The highest BCUT2D eigenvalue weighted by Crippen LogP contribution is 2.31. The fourth-order valence-corrected chi connectivity index (χ4v) is 2.41. The van der Waals surface area contributed by atoms with Crippen LogP contribution in [-0.2, 0) is 0 Å². The molecule has 9 heteroatoms. The minimum absolute atomic E-state index is 0.0841. The Labute approximate surface area is 124 Å². The second kappa shape index (κ2) is 4.30. The van der Waals surface area contributed by atoms with Crippen LogP contribution in [0.2, 0.25) is 0 Å². The van der Waals surface area contributed by atoms with Gasteiger partial charge in [-0.3, -0.25) is 4.99 Å². The summed E-state index contributed by atoms with van der Waals surface area (Å²) in [6, 6.07) is 5.99. The molecule has 20 heavy (non-hydrogen) atoms. The van der Waals surface area contributed by atoms with Gasteiger partial charge in [-0.05, 0) is 17.5 Å². The van der Waals surface area contributed by atoms with Crippen molar-refractivity contribution in [3.63, 3.8) is 0 Å². The van der Waals surface area contributed by atoms with Crippen LogP contribution < -0.4 is 20.3 Å². The van der Waals surface area contributed by atoms with E-state index in [-0.39, 0.29) is 16.8 Å². The van der Waals surface area contributed by atoms with Crippen LogP contribution >= 0.6 is 0 Å². The number of rotatable bonds is 1. The van der Waals surface area contributed by atoms with Gasteiger partial charge < -0.3 is 14.8 Å². The van der Waals surface area contributed by atoms with Crippen molar-refractivity contribution in [1.82, 2.24) is 5.32 Å². The summed E-state index contributed by atoms with van der Waals surface area (Å²) >= 11 is 0. The number of hydrogen-bond acceptors (Lipinski definition) is 4. The monoisotopic (exact) mass is 264 g/mol. The molecule has 0 spiro atoms. The van der Waals surface area contributed by atoms with Gasteiger partial charge in [-0.2, -0.15) is 0 Å². The number of fused-ring (bicyclic) bond motifs is 1. The van der Waals surface area contributed by atoms with Crippen LogP contribution in [0, 0.1) is 0 Å². The Bertz CT molecular complexity index is 590. The second-order valence-electron chi connectivity index (χ2n) is 6.67. The SMILES string of the molecule is Bc1ccc2c(c1)OCC(C1=NC(B)(B)C(B)(B)N1)O2. The molecule has 1 atom stereocenters. The Hall–Kier alpha value is -1.39. The molecule has 2 aliphatic heterocycles. The van der Waals surface area contributed by atoms with Gasteiger partial charge >= 0.3 is 0 Å². The minimum Gasteiger partial charge on any atom is -0.485 e. The van der Waals surface area contributed by atoms with E-state index in [1.54, 1.807) is 0 Å². The second-order valence-corrected chi connectivity index (χ2v) is 6.67. The molecule has 0 amide bonds. The van der Waals surface area contributed by atoms with Gasteiger partial charge in [0.15, 0.2) is 17.6 Å². The van der Waals surface area contributed by atoms with Crippen molar-refractivity contribution in [3.8, 4) is 11.5 Å². The number of nitrogens with zero attached hydrogens (tertiary/aromatic N) is 1. The van der Waals surface area contributed by atoms with Gasteiger partial charge in [-0.25, -0.2) is 0 Å². The first-order valence-corrected chi connectivity index (χ1v) is 7.06. The first-order chi connectivity index (χ1) is 9.28. The van der Waals surface area contributed by atoms with Crippen LogP contribution in [0.3, 0.4) is 0 Å². The zero-order chi connectivity index (χ0) is 14.5. The molecule has 0 fully saturated rings. The highest BCUT2D eigenvalue weighted by Gasteiger charge is 2.44. The van der Waals surface area contributed by atoms with E-state index in [0.717, 1.165) is 17.3 Å². The molecule has 2 aliphatic rings. The molecule has 0 radical (unpaired) electrons. The zero-order valence-corrected chi connectivity index (χ0v) is 12.8. The Morgan fingerprint density at radius 1 is 1.20 bits per heavy atom. The summed E-state index contributed by atoms with van der Waals surface area (Å²) in [4.78, 5) is 4.79. The maximum absolute atomic E-state index is 6.04. The highest BCUT2D eigenvalue weighted by molar-refractivity contribution is 6.56. The van der Waals surface area contributed by atoms with Gasteiger partial charge in [-0.15, -0.1) is 0 Å². The van der Waals surface area contributed by atoms with E-state index in [0.29, 0.717) is 6.61 Å². The largest absolute Gasteiger partial charge is 0.485 e. The third-order valence-corrected chi connectivity index (χ3v) is 4.43. The average Bonchev–Trinajstić information content (AvgIpc) is 2.58. The first kappa shape index (κ1) is 13.6. The van der Waals surface area contributed by atoms with Crippen molar-refractivity contribution < 1.29 is 9.47 Å². The Balaban J connectivity index is 1.84. The standard InChI is InChI=1S/C11H17B5N2O2/c12-5-1-2-6-7(3-5)19-4-8(20-6)9-17-10(13,14)11(15,16)18-9/h1-3,8H,4,12-16H2,(H,17,18). The van der Waals surface area contributed by atoms with Crippen LogP contribution in [0.4, 0.5) is 0 Å². The van der Waals surface area contributed by atoms with E-state index in [1.807, 2.05) is 26.0 Å². The van der Waals surface area contributed by atoms with Crippen LogP contribution in [-0.4, -0.2) is 68.5 Å². The van der Waals surface area contributed by atoms with E-state index < -0.39 is 0 Å². The normalized spacial score (nSPS) is 25.6. The molecule has 0 aromatic heterocycles. The molecule has 3 rings (SSSR count). The van der Waals surface area contributed by atoms with Gasteiger partial charge in [-0.1, -0.05) is 11.5 Å². The Morgan fingerprint density at radius 3 is 2.60 bits per heavy atom. The number of ether oxygens (including phenoxy) is 2. The lowest BCUT2D eigenvalue weighted by atomic mass is 9.39. The fraction of sp³-hybridized carbons (Fsp3) is 0.364. The third kappa shape index (κ3) is 2.13. The molecule has 1 N–H and O–H groups in total. The number of aliphatic imine (C=N–C) groups is 1. The fourth-order valence-electron chi connectivity index (χ4n) is 2.41. The first-order valence-electron chi connectivity index (χ1n) is 7.06. The summed E-state index contributed by atoms with van der Waals surface area (Å²) < 4.78 is 11.9. The quantitative estimate of drug-likeness (QED) is 0.516. The predicted octanol–water partition coefficient (Wildman–Crippen LogP) is -5.07. The summed E-state index contributed by atoms with van der Waals surface area (Å²) in [6.07, 6.45) is -0.161. The zero-order valence-electron chi connectivity index (χ0n) is 12.8. The van der Waals surface area contributed by atoms with E-state index in [2.05, 4.69) is 36.7 Å². The summed E-state index contributed by atoms with van der Waals surface area (Å²) in [5, 5.41) is 3.24. The van der Waals surface area contributed by atoms with Crippen LogP contribution in [0.1, 0.15) is 0 Å². The molecule has 0 saturated heterocycles. The highest BCUT2D eigenvalue weighted by atomic mass is 16.6. The topological polar surface area (TPSA) is 42.8 Å². The van der Waals surface area contributed by atoms with Gasteiger partial charge in [0.1, 0.15) is 51.7 Å². The Morgan fingerprint density at radius 2 is 1.95 bits per heavy atom. The summed E-state index contributed by atoms with van der Waals surface area (Å²) in [5.41, 5.74) is 1.17. The molecular formula is C11H17B5N2O2. The van der Waals surface area contributed by atoms with Gasteiger partial charge in [0.05, 0.1) is 0 Å². The van der Waals surface area contributed by atoms with Gasteiger partial charge in [0.2, 0.25) is 0 Å². The van der Waals surface area contributed by atoms with Crippen molar-refractivity contribution in [2.75, 3.05) is 6.61 Å². The summed E-state index contributed by atoms with van der Waals surface area (Å²) in [6.45, 7) is 0.494. The lowest BCUT2D eigenvalue weighted by Crippen LogP contribution is -2.61. The lowest BCUT2D eigenvalue weighted by molar-refractivity contribution is 0.133. The maximum atomic E-state index is 6.04. The van der Waals surface area contributed by atoms with E-state index in [9.17, 15) is 0 Å². The van der Waals surface area contributed by atoms with Gasteiger partial charge in [0.25, 0.3) is 0 Å². The molecule has 4 nitrogen and oxygen atoms in total. The van der Waals surface area contributed by atoms with E-state index in [4.69, 9.17) is 14.5 Å². The molecule has 0 saturated carbocycles. The summed E-state index contributed by atoms with van der Waals surface area (Å²) in [7, 11) is 10.6. The van der Waals surface area contributed by atoms with Crippen molar-refractivity contribution in [2.45, 2.75) is 16.8 Å². The van der Waals surface area contributed by atoms with E-state index >= 15 is 0 Å². The molecule has 1 aromatic carbocycles. The third-order valence-electron chi connectivity index (χ3n) is 4.43. The van der Waals surface area contributed by atoms with E-state index in [1.165, 1.54) is 5.46 Å². The van der Waals surface area contributed by atoms with Crippen molar-refractivity contribution >= 4 is 50.5 Å². The van der Waals surface area contributed by atoms with Crippen molar-refractivity contribution in [3.05, 3.63) is 18.2 Å². The minimum atomic E-state index is -0.161. The number of benzene rings is 1. The molecule has 0 aliphatic carbocycles. The van der Waals surface area contributed by atoms with Crippen molar-refractivity contribution in [1.29, 1.82) is 0 Å². The molecule has 98 valence electrons. The molecule has 1 aromatic rings. The number of hydrogen-bond donors (Lipinski definition) is 1. The number of amidine groups is 1. The number of nitrogens with one attached hydrogen (secondary N) is 1. The molecular weight excluding hydrogens is 246 g/mol. The molecule has 2 heterocycles. The Kier molecular flexibility index (Phi) is 2.92. The average molecular weight is 263 g/mol. The van der Waals surface area contributed by atoms with Crippen LogP contribution in [0.5, 0.6) is 11.5 Å². The van der Waals surface area contributed by atoms with Crippen LogP contribution in [0.15, 0.2) is 23.2 Å². The van der Waals surface area contributed by atoms with Crippen molar-refractivity contribution in [2.24, 2.45) is 4.99 Å². The predicted molar refractivity (Wildman–Crippen MR) is 94.7 cm³/mol. The smallest absolute Gasteiger partial charge is 0.189 e. The molecule has 1 unspecified atom stereocenters. The maximum Gasteiger partial charge on any atom is 0.189 e. The molecule has 0 bridgehead atoms. The summed E-state index contributed by atoms with van der Waals surface area (Å²) in [5.74, 6) is 2.49. The lowest BCUT2D eigenvalue weighted by Gasteiger charge is -2.34. The van der Waals surface area contributed by atoms with Gasteiger partial charge in [0, 0.05) is 5.34 Å².